The van der Waals surface area contributed by atoms with Crippen LogP contribution in [0.3, 0.4) is 0 Å². The van der Waals surface area contributed by atoms with Crippen molar-refractivity contribution in [3.8, 4) is 0 Å². The zero-order valence-corrected chi connectivity index (χ0v) is 11.1. The Bertz CT molecular complexity index is 405. The normalized spacial score (nSPS) is 22.7. The van der Waals surface area contributed by atoms with Crippen molar-refractivity contribution in [1.82, 2.24) is 0 Å². The Morgan fingerprint density at radius 3 is 2.47 bits per heavy atom. The Labute approximate surface area is 114 Å². The number of esters is 1. The first-order valence-electron chi connectivity index (χ1n) is 6.92. The number of carbonyl (C=O) groups excluding carboxylic acids is 2. The van der Waals surface area contributed by atoms with Gasteiger partial charge < -0.3 is 9.53 Å². The van der Waals surface area contributed by atoms with E-state index in [1.54, 1.807) is 0 Å². The van der Waals surface area contributed by atoms with Crippen LogP contribution in [0.1, 0.15) is 37.7 Å². The van der Waals surface area contributed by atoms with Crippen LogP contribution in [0.4, 0.5) is 0 Å². The third kappa shape index (κ3) is 4.51. The van der Waals surface area contributed by atoms with E-state index in [4.69, 9.17) is 4.74 Å². The van der Waals surface area contributed by atoms with E-state index in [2.05, 4.69) is 0 Å². The summed E-state index contributed by atoms with van der Waals surface area (Å²) in [7, 11) is 0. The van der Waals surface area contributed by atoms with Crippen LogP contribution < -0.4 is 0 Å². The number of carbonyl (C=O) groups is 2. The van der Waals surface area contributed by atoms with E-state index >= 15 is 0 Å². The molecule has 1 aliphatic carbocycles. The number of benzene rings is 1. The molecule has 0 atom stereocenters. The smallest absolute Gasteiger partial charge is 0.306 e. The van der Waals surface area contributed by atoms with Crippen molar-refractivity contribution in [3.05, 3.63) is 35.9 Å². The second-order valence-electron chi connectivity index (χ2n) is 5.27. The van der Waals surface area contributed by atoms with E-state index in [1.807, 2.05) is 30.3 Å². The first-order chi connectivity index (χ1) is 9.28. The highest BCUT2D eigenvalue weighted by Gasteiger charge is 2.23. The van der Waals surface area contributed by atoms with E-state index in [9.17, 15) is 9.59 Å². The molecule has 0 radical (unpaired) electrons. The Morgan fingerprint density at radius 2 is 1.84 bits per heavy atom. The van der Waals surface area contributed by atoms with Crippen molar-refractivity contribution < 1.29 is 14.3 Å². The van der Waals surface area contributed by atoms with Crippen LogP contribution >= 0.6 is 0 Å². The molecule has 2 rings (SSSR count). The minimum absolute atomic E-state index is 0.126. The van der Waals surface area contributed by atoms with Gasteiger partial charge in [-0.05, 0) is 37.2 Å². The topological polar surface area (TPSA) is 43.4 Å². The van der Waals surface area contributed by atoms with Crippen molar-refractivity contribution in [2.24, 2.45) is 11.8 Å². The lowest BCUT2D eigenvalue weighted by Crippen LogP contribution is -2.19. The Hall–Kier alpha value is -1.64. The number of hydrogen-bond acceptors (Lipinski definition) is 3. The summed E-state index contributed by atoms with van der Waals surface area (Å²) in [5, 5.41) is 0. The fraction of sp³-hybridized carbons (Fsp3) is 0.500. The predicted octanol–water partition coefficient (Wildman–Crippen LogP) is 3.13. The van der Waals surface area contributed by atoms with Crippen molar-refractivity contribution in [1.29, 1.82) is 0 Å². The minimum Gasteiger partial charge on any atom is -0.461 e. The quantitative estimate of drug-likeness (QED) is 0.603. The molecule has 19 heavy (non-hydrogen) atoms. The lowest BCUT2D eigenvalue weighted by atomic mass is 9.81. The van der Waals surface area contributed by atoms with Crippen molar-refractivity contribution in [2.45, 2.75) is 38.7 Å². The van der Waals surface area contributed by atoms with Gasteiger partial charge in [0, 0.05) is 12.3 Å². The third-order valence-electron chi connectivity index (χ3n) is 3.78. The molecule has 0 amide bonds. The van der Waals surface area contributed by atoms with E-state index in [-0.39, 0.29) is 11.9 Å². The molecular formula is C16H20O3. The monoisotopic (exact) mass is 260 g/mol. The van der Waals surface area contributed by atoms with Crippen LogP contribution in [0.15, 0.2) is 30.3 Å². The molecule has 0 spiro atoms. The van der Waals surface area contributed by atoms with Gasteiger partial charge in [-0.25, -0.2) is 0 Å². The largest absolute Gasteiger partial charge is 0.461 e. The van der Waals surface area contributed by atoms with Gasteiger partial charge in [0.2, 0.25) is 0 Å². The molecule has 0 unspecified atom stereocenters. The van der Waals surface area contributed by atoms with E-state index in [1.165, 1.54) is 0 Å². The van der Waals surface area contributed by atoms with Crippen LogP contribution in [0.5, 0.6) is 0 Å². The molecule has 0 saturated heterocycles. The van der Waals surface area contributed by atoms with Crippen LogP contribution in [-0.4, -0.2) is 12.3 Å². The molecule has 102 valence electrons. The molecule has 1 aliphatic rings. The maximum atomic E-state index is 11.7. The maximum Gasteiger partial charge on any atom is 0.306 e. The fourth-order valence-electron chi connectivity index (χ4n) is 2.56. The molecule has 0 aromatic heterocycles. The summed E-state index contributed by atoms with van der Waals surface area (Å²) in [5.41, 5.74) is 1.01. The number of aldehydes is 1. The van der Waals surface area contributed by atoms with Crippen LogP contribution in [0.2, 0.25) is 0 Å². The third-order valence-corrected chi connectivity index (χ3v) is 3.78. The van der Waals surface area contributed by atoms with Crippen molar-refractivity contribution in [2.75, 3.05) is 0 Å². The Balaban J connectivity index is 1.69. The maximum absolute atomic E-state index is 11.7. The average Bonchev–Trinajstić information content (AvgIpc) is 2.47. The van der Waals surface area contributed by atoms with Crippen LogP contribution in [-0.2, 0) is 20.9 Å². The molecule has 1 saturated carbocycles. The SMILES string of the molecule is O=CC1CCC(CC(=O)OCc2ccccc2)CC1. The molecule has 0 heterocycles. The summed E-state index contributed by atoms with van der Waals surface area (Å²) in [6, 6.07) is 9.70. The molecule has 3 heteroatoms. The molecule has 3 nitrogen and oxygen atoms in total. The first kappa shape index (κ1) is 13.8. The number of hydrogen-bond donors (Lipinski definition) is 0. The van der Waals surface area contributed by atoms with Gasteiger partial charge in [0.25, 0.3) is 0 Å². The van der Waals surface area contributed by atoms with Gasteiger partial charge in [0.15, 0.2) is 0 Å². The van der Waals surface area contributed by atoms with Crippen molar-refractivity contribution >= 4 is 12.3 Å². The van der Waals surface area contributed by atoms with Crippen LogP contribution in [0, 0.1) is 11.8 Å². The van der Waals surface area contributed by atoms with Gasteiger partial charge in [0.05, 0.1) is 0 Å². The Kier molecular flexibility index (Phi) is 5.13. The molecule has 1 fully saturated rings. The Morgan fingerprint density at radius 1 is 1.16 bits per heavy atom. The zero-order valence-electron chi connectivity index (χ0n) is 11.1. The number of rotatable bonds is 5. The summed E-state index contributed by atoms with van der Waals surface area (Å²) in [5.74, 6) is 0.467. The van der Waals surface area contributed by atoms with Gasteiger partial charge in [-0.3, -0.25) is 4.79 Å². The lowest BCUT2D eigenvalue weighted by molar-refractivity contribution is -0.146. The molecule has 0 aliphatic heterocycles. The molecule has 1 aromatic rings. The minimum atomic E-state index is -0.126. The number of ether oxygens (including phenoxy) is 1. The van der Waals surface area contributed by atoms with Gasteiger partial charge in [-0.15, -0.1) is 0 Å². The predicted molar refractivity (Wildman–Crippen MR) is 72.4 cm³/mol. The summed E-state index contributed by atoms with van der Waals surface area (Å²) < 4.78 is 5.28. The standard InChI is InChI=1S/C16H20O3/c17-11-14-8-6-13(7-9-14)10-16(18)19-12-15-4-2-1-3-5-15/h1-5,11,13-14H,6-10,12H2. The molecule has 0 bridgehead atoms. The van der Waals surface area contributed by atoms with E-state index in [0.29, 0.717) is 18.9 Å². The average molecular weight is 260 g/mol. The lowest BCUT2D eigenvalue weighted by Gasteiger charge is -2.24. The van der Waals surface area contributed by atoms with Gasteiger partial charge >= 0.3 is 5.97 Å². The van der Waals surface area contributed by atoms with Crippen molar-refractivity contribution in [3.63, 3.8) is 0 Å². The fourth-order valence-corrected chi connectivity index (χ4v) is 2.56. The summed E-state index contributed by atoms with van der Waals surface area (Å²) in [4.78, 5) is 22.4. The summed E-state index contributed by atoms with van der Waals surface area (Å²) >= 11 is 0. The molecule has 1 aromatic carbocycles. The highest BCUT2D eigenvalue weighted by atomic mass is 16.5. The molecular weight excluding hydrogens is 240 g/mol. The van der Waals surface area contributed by atoms with E-state index < -0.39 is 0 Å². The highest BCUT2D eigenvalue weighted by molar-refractivity contribution is 5.69. The first-order valence-corrected chi connectivity index (χ1v) is 6.92. The molecule has 0 N–H and O–H groups in total. The second-order valence-corrected chi connectivity index (χ2v) is 5.27. The van der Waals surface area contributed by atoms with E-state index in [0.717, 1.165) is 37.5 Å². The summed E-state index contributed by atoms with van der Waals surface area (Å²) in [6.07, 6.45) is 5.29. The summed E-state index contributed by atoms with van der Waals surface area (Å²) in [6.45, 7) is 0.351. The zero-order chi connectivity index (χ0) is 13.5. The second kappa shape index (κ2) is 7.07. The van der Waals surface area contributed by atoms with Gasteiger partial charge in [-0.1, -0.05) is 30.3 Å². The van der Waals surface area contributed by atoms with Crippen LogP contribution in [0.25, 0.3) is 0 Å². The highest BCUT2D eigenvalue weighted by Crippen LogP contribution is 2.29. The van der Waals surface area contributed by atoms with Gasteiger partial charge in [-0.2, -0.15) is 0 Å². The van der Waals surface area contributed by atoms with Gasteiger partial charge in [0.1, 0.15) is 12.9 Å².